The van der Waals surface area contributed by atoms with Crippen LogP contribution in [0.25, 0.3) is 6.08 Å². The molecular formula is C23H22N4O2S. The predicted octanol–water partition coefficient (Wildman–Crippen LogP) is 4.41. The van der Waals surface area contributed by atoms with E-state index in [0.29, 0.717) is 23.7 Å². The molecule has 1 N–H and O–H groups in total. The van der Waals surface area contributed by atoms with Gasteiger partial charge < -0.3 is 4.90 Å². The van der Waals surface area contributed by atoms with Gasteiger partial charge >= 0.3 is 0 Å². The molecule has 0 saturated carbocycles. The average Bonchev–Trinajstić information content (AvgIpc) is 3.35. The van der Waals surface area contributed by atoms with Crippen LogP contribution in [0.5, 0.6) is 0 Å². The van der Waals surface area contributed by atoms with Crippen LogP contribution in [0.15, 0.2) is 60.2 Å². The maximum Gasteiger partial charge on any atom is 0.253 e. The van der Waals surface area contributed by atoms with Crippen LogP contribution in [0.1, 0.15) is 35.4 Å². The molecule has 2 amide bonds. The third kappa shape index (κ3) is 4.31. The van der Waals surface area contributed by atoms with E-state index in [4.69, 9.17) is 0 Å². The third-order valence-corrected chi connectivity index (χ3v) is 6.08. The van der Waals surface area contributed by atoms with Crippen molar-refractivity contribution >= 4 is 40.0 Å². The Morgan fingerprint density at radius 1 is 1.13 bits per heavy atom. The standard InChI is InChI=1S/C23H22N4O2S/c1-15-8-6-7-11-19(15)27-14-18(13-20(27)28)22-25-26-23(30-22)24-21(29)16(2)12-17-9-4-3-5-10-17/h3-12,18H,13-14H2,1-2H3,(H,24,26,29)/b16-12+. The van der Waals surface area contributed by atoms with Gasteiger partial charge in [0.15, 0.2) is 0 Å². The number of rotatable bonds is 5. The lowest BCUT2D eigenvalue weighted by Gasteiger charge is -2.18. The number of nitrogens with one attached hydrogen (secondary N) is 1. The van der Waals surface area contributed by atoms with Gasteiger partial charge in [-0.1, -0.05) is 59.9 Å². The second kappa shape index (κ2) is 8.59. The summed E-state index contributed by atoms with van der Waals surface area (Å²) >= 11 is 1.33. The summed E-state index contributed by atoms with van der Waals surface area (Å²) < 4.78 is 0. The highest BCUT2D eigenvalue weighted by atomic mass is 32.1. The lowest BCUT2D eigenvalue weighted by Crippen LogP contribution is -2.25. The maximum atomic E-state index is 12.6. The fourth-order valence-electron chi connectivity index (χ4n) is 3.48. The minimum absolute atomic E-state index is 0.0267. The molecule has 0 aliphatic carbocycles. The number of aryl methyl sites for hydroxylation is 1. The third-order valence-electron chi connectivity index (χ3n) is 5.08. The zero-order valence-electron chi connectivity index (χ0n) is 16.8. The number of amides is 2. The Hall–Kier alpha value is -3.32. The first kappa shape index (κ1) is 20.0. The summed E-state index contributed by atoms with van der Waals surface area (Å²) in [6.45, 7) is 4.33. The number of nitrogens with zero attached hydrogens (tertiary/aromatic N) is 3. The summed E-state index contributed by atoms with van der Waals surface area (Å²) in [5.74, 6) is -0.163. The number of para-hydroxylation sites is 1. The van der Waals surface area contributed by atoms with Gasteiger partial charge in [-0.3, -0.25) is 14.9 Å². The highest BCUT2D eigenvalue weighted by Crippen LogP contribution is 2.35. The molecule has 0 radical (unpaired) electrons. The molecule has 0 spiro atoms. The Morgan fingerprint density at radius 2 is 1.87 bits per heavy atom. The fraction of sp³-hybridized carbons (Fsp3) is 0.217. The highest BCUT2D eigenvalue weighted by molar-refractivity contribution is 7.15. The van der Waals surface area contributed by atoms with E-state index < -0.39 is 0 Å². The van der Waals surface area contributed by atoms with Gasteiger partial charge in [0.05, 0.1) is 0 Å². The summed E-state index contributed by atoms with van der Waals surface area (Å²) in [7, 11) is 0. The second-order valence-corrected chi connectivity index (χ2v) is 8.34. The molecule has 1 atom stereocenters. The highest BCUT2D eigenvalue weighted by Gasteiger charge is 2.34. The van der Waals surface area contributed by atoms with E-state index in [9.17, 15) is 9.59 Å². The van der Waals surface area contributed by atoms with Crippen LogP contribution in [-0.4, -0.2) is 28.6 Å². The predicted molar refractivity (Wildman–Crippen MR) is 120 cm³/mol. The van der Waals surface area contributed by atoms with Gasteiger partial charge in [0, 0.05) is 30.1 Å². The SMILES string of the molecule is C/C(=C\c1ccccc1)C(=O)Nc1nnc(C2CC(=O)N(c3ccccc3C)C2)s1. The van der Waals surface area contributed by atoms with Crippen molar-refractivity contribution in [3.63, 3.8) is 0 Å². The van der Waals surface area contributed by atoms with Gasteiger partial charge in [-0.25, -0.2) is 0 Å². The molecule has 30 heavy (non-hydrogen) atoms. The smallest absolute Gasteiger partial charge is 0.253 e. The van der Waals surface area contributed by atoms with Crippen LogP contribution in [0.2, 0.25) is 0 Å². The van der Waals surface area contributed by atoms with Crippen molar-refractivity contribution in [1.82, 2.24) is 10.2 Å². The molecule has 1 fully saturated rings. The van der Waals surface area contributed by atoms with Crippen molar-refractivity contribution in [3.05, 3.63) is 76.3 Å². The van der Waals surface area contributed by atoms with Crippen molar-refractivity contribution in [3.8, 4) is 0 Å². The van der Waals surface area contributed by atoms with Gasteiger partial charge in [-0.2, -0.15) is 0 Å². The monoisotopic (exact) mass is 418 g/mol. The zero-order valence-corrected chi connectivity index (χ0v) is 17.6. The minimum atomic E-state index is -0.217. The van der Waals surface area contributed by atoms with E-state index in [0.717, 1.165) is 21.8 Å². The van der Waals surface area contributed by atoms with Gasteiger partial charge in [0.25, 0.3) is 5.91 Å². The molecule has 3 aromatic rings. The van der Waals surface area contributed by atoms with Crippen molar-refractivity contribution in [2.75, 3.05) is 16.8 Å². The van der Waals surface area contributed by atoms with Gasteiger partial charge in [0.2, 0.25) is 11.0 Å². The van der Waals surface area contributed by atoms with E-state index in [1.165, 1.54) is 11.3 Å². The molecule has 1 aliphatic heterocycles. The molecule has 4 rings (SSSR count). The number of carbonyl (C=O) groups excluding carboxylic acids is 2. The van der Waals surface area contributed by atoms with Crippen molar-refractivity contribution in [2.24, 2.45) is 0 Å². The topological polar surface area (TPSA) is 75.2 Å². The number of aromatic nitrogens is 2. The molecule has 1 unspecified atom stereocenters. The Bertz CT molecular complexity index is 1110. The van der Waals surface area contributed by atoms with Crippen molar-refractivity contribution < 1.29 is 9.59 Å². The number of hydrogen-bond acceptors (Lipinski definition) is 5. The van der Waals surface area contributed by atoms with Crippen LogP contribution in [-0.2, 0) is 9.59 Å². The van der Waals surface area contributed by atoms with Crippen LogP contribution in [0.4, 0.5) is 10.8 Å². The molecule has 6 nitrogen and oxygen atoms in total. The zero-order chi connectivity index (χ0) is 21.1. The summed E-state index contributed by atoms with van der Waals surface area (Å²) in [6.07, 6.45) is 2.22. The summed E-state index contributed by atoms with van der Waals surface area (Å²) in [5.41, 5.74) is 3.55. The van der Waals surface area contributed by atoms with E-state index in [-0.39, 0.29) is 17.7 Å². The second-order valence-electron chi connectivity index (χ2n) is 7.33. The molecule has 152 valence electrons. The largest absolute Gasteiger partial charge is 0.311 e. The van der Waals surface area contributed by atoms with Crippen LogP contribution < -0.4 is 10.2 Å². The van der Waals surface area contributed by atoms with Crippen LogP contribution in [0.3, 0.4) is 0 Å². The lowest BCUT2D eigenvalue weighted by molar-refractivity contribution is -0.117. The van der Waals surface area contributed by atoms with Gasteiger partial charge in [-0.05, 0) is 37.1 Å². The van der Waals surface area contributed by atoms with Crippen molar-refractivity contribution in [2.45, 2.75) is 26.2 Å². The Balaban J connectivity index is 1.43. The van der Waals surface area contributed by atoms with Crippen LogP contribution in [0, 0.1) is 6.92 Å². The average molecular weight is 419 g/mol. The molecule has 1 aromatic heterocycles. The molecule has 1 saturated heterocycles. The Morgan fingerprint density at radius 3 is 2.63 bits per heavy atom. The first-order valence-electron chi connectivity index (χ1n) is 9.75. The maximum absolute atomic E-state index is 12.6. The Labute approximate surface area is 179 Å². The molecular weight excluding hydrogens is 396 g/mol. The number of hydrogen-bond donors (Lipinski definition) is 1. The molecule has 2 heterocycles. The number of anilines is 2. The number of carbonyl (C=O) groups is 2. The van der Waals surface area contributed by atoms with Gasteiger partial charge in [-0.15, -0.1) is 10.2 Å². The quantitative estimate of drug-likeness (QED) is 0.623. The first-order valence-corrected chi connectivity index (χ1v) is 10.6. The molecule has 0 bridgehead atoms. The van der Waals surface area contributed by atoms with E-state index in [1.807, 2.05) is 72.5 Å². The minimum Gasteiger partial charge on any atom is -0.311 e. The molecule has 1 aliphatic rings. The molecule has 2 aromatic carbocycles. The summed E-state index contributed by atoms with van der Waals surface area (Å²) in [5, 5.41) is 12.4. The summed E-state index contributed by atoms with van der Waals surface area (Å²) in [4.78, 5) is 26.8. The van der Waals surface area contributed by atoms with E-state index >= 15 is 0 Å². The number of benzene rings is 2. The van der Waals surface area contributed by atoms with E-state index in [2.05, 4.69) is 15.5 Å². The van der Waals surface area contributed by atoms with Gasteiger partial charge in [0.1, 0.15) is 5.01 Å². The Kier molecular flexibility index (Phi) is 5.72. The summed E-state index contributed by atoms with van der Waals surface area (Å²) in [6, 6.07) is 17.5. The molecule has 7 heteroatoms. The van der Waals surface area contributed by atoms with Crippen LogP contribution >= 0.6 is 11.3 Å². The lowest BCUT2D eigenvalue weighted by atomic mass is 10.1. The fourth-order valence-corrected chi connectivity index (χ4v) is 4.31. The van der Waals surface area contributed by atoms with E-state index in [1.54, 1.807) is 6.92 Å². The first-order chi connectivity index (χ1) is 14.5. The van der Waals surface area contributed by atoms with Crippen molar-refractivity contribution in [1.29, 1.82) is 0 Å². The normalized spacial score (nSPS) is 16.7.